The van der Waals surface area contributed by atoms with E-state index in [1.165, 1.54) is 0 Å². The molecular weight excluding hydrogens is 390 g/mol. The number of hydrogen-bond donors (Lipinski definition) is 1. The van der Waals surface area contributed by atoms with Crippen molar-refractivity contribution in [1.29, 1.82) is 0 Å². The zero-order valence-corrected chi connectivity index (χ0v) is 17.7. The van der Waals surface area contributed by atoms with Gasteiger partial charge in [-0.25, -0.2) is 0 Å². The summed E-state index contributed by atoms with van der Waals surface area (Å²) in [6, 6.07) is 20.9. The third-order valence-electron chi connectivity index (χ3n) is 5.17. The first-order valence-corrected chi connectivity index (χ1v) is 10.0. The molecule has 1 heterocycles. The first-order chi connectivity index (χ1) is 15.0. The second-order valence-electron chi connectivity index (χ2n) is 7.32. The molecule has 1 N–H and O–H groups in total. The largest absolute Gasteiger partial charge is 0.483 e. The number of aryl methyl sites for hydroxylation is 2. The smallest absolute Gasteiger partial charge is 0.262 e. The van der Waals surface area contributed by atoms with Crippen LogP contribution in [-0.4, -0.2) is 22.7 Å². The fraction of sp³-hybridized carbons (Fsp3) is 0.160. The quantitative estimate of drug-likeness (QED) is 0.461. The van der Waals surface area contributed by atoms with E-state index in [9.17, 15) is 4.79 Å². The SMILES string of the molecule is Cc1ccccc1-c1noc(-c2ccccc2OCC(=O)Nc2cccc(C)c2C)n1. The number of ether oxygens (including phenoxy) is 1. The molecule has 0 fully saturated rings. The van der Waals surface area contributed by atoms with E-state index >= 15 is 0 Å². The number of nitrogens with one attached hydrogen (secondary N) is 1. The van der Waals surface area contributed by atoms with Gasteiger partial charge in [0.15, 0.2) is 6.61 Å². The Hall–Kier alpha value is -3.93. The number of para-hydroxylation sites is 1. The maximum absolute atomic E-state index is 12.4. The Balaban J connectivity index is 1.50. The molecule has 0 radical (unpaired) electrons. The highest BCUT2D eigenvalue weighted by Gasteiger charge is 2.16. The van der Waals surface area contributed by atoms with E-state index in [1.807, 2.05) is 81.4 Å². The molecule has 0 saturated heterocycles. The molecule has 0 aliphatic rings. The summed E-state index contributed by atoms with van der Waals surface area (Å²) in [5.41, 5.74) is 5.53. The number of amides is 1. The van der Waals surface area contributed by atoms with Gasteiger partial charge in [-0.05, 0) is 55.7 Å². The van der Waals surface area contributed by atoms with Crippen molar-refractivity contribution >= 4 is 11.6 Å². The molecule has 0 unspecified atom stereocenters. The second-order valence-corrected chi connectivity index (χ2v) is 7.32. The Morgan fingerprint density at radius 1 is 0.903 bits per heavy atom. The summed E-state index contributed by atoms with van der Waals surface area (Å²) in [4.78, 5) is 17.0. The Morgan fingerprint density at radius 3 is 2.42 bits per heavy atom. The van der Waals surface area contributed by atoms with E-state index in [-0.39, 0.29) is 12.5 Å². The molecule has 4 rings (SSSR count). The van der Waals surface area contributed by atoms with Crippen molar-refractivity contribution < 1.29 is 14.1 Å². The molecule has 0 bridgehead atoms. The number of anilines is 1. The number of aromatic nitrogens is 2. The molecule has 31 heavy (non-hydrogen) atoms. The number of hydrogen-bond acceptors (Lipinski definition) is 5. The monoisotopic (exact) mass is 413 g/mol. The molecule has 1 aromatic heterocycles. The molecule has 0 spiro atoms. The van der Waals surface area contributed by atoms with Gasteiger partial charge in [0.2, 0.25) is 5.82 Å². The molecule has 0 atom stereocenters. The summed E-state index contributed by atoms with van der Waals surface area (Å²) in [6.45, 7) is 5.84. The lowest BCUT2D eigenvalue weighted by Crippen LogP contribution is -2.21. The maximum atomic E-state index is 12.4. The molecule has 1 amide bonds. The van der Waals surface area contributed by atoms with Gasteiger partial charge in [-0.1, -0.05) is 53.7 Å². The zero-order valence-electron chi connectivity index (χ0n) is 17.7. The summed E-state index contributed by atoms with van der Waals surface area (Å²) in [6.07, 6.45) is 0. The number of nitrogens with zero attached hydrogens (tertiary/aromatic N) is 2. The van der Waals surface area contributed by atoms with Gasteiger partial charge in [0.05, 0.1) is 5.56 Å². The Morgan fingerprint density at radius 2 is 1.61 bits per heavy atom. The van der Waals surface area contributed by atoms with E-state index in [0.717, 1.165) is 27.9 Å². The van der Waals surface area contributed by atoms with Gasteiger partial charge in [-0.15, -0.1) is 0 Å². The van der Waals surface area contributed by atoms with Crippen LogP contribution in [0.15, 0.2) is 71.3 Å². The highest BCUT2D eigenvalue weighted by Crippen LogP contribution is 2.31. The van der Waals surface area contributed by atoms with Crippen LogP contribution < -0.4 is 10.1 Å². The minimum Gasteiger partial charge on any atom is -0.483 e. The fourth-order valence-electron chi connectivity index (χ4n) is 3.25. The third-order valence-corrected chi connectivity index (χ3v) is 5.17. The van der Waals surface area contributed by atoms with Crippen molar-refractivity contribution in [2.24, 2.45) is 0 Å². The highest BCUT2D eigenvalue weighted by molar-refractivity contribution is 5.92. The van der Waals surface area contributed by atoms with Crippen molar-refractivity contribution in [3.05, 3.63) is 83.4 Å². The first-order valence-electron chi connectivity index (χ1n) is 10.0. The summed E-state index contributed by atoms with van der Waals surface area (Å²) < 4.78 is 11.3. The van der Waals surface area contributed by atoms with Crippen LogP contribution in [0.4, 0.5) is 5.69 Å². The standard InChI is InChI=1S/C25H23N3O3/c1-16-10-8-13-21(18(16)3)26-23(29)15-30-22-14-7-6-12-20(22)25-27-24(28-31-25)19-11-5-4-9-17(19)2/h4-14H,15H2,1-3H3,(H,26,29). The molecule has 0 aliphatic heterocycles. The van der Waals surface area contributed by atoms with Crippen LogP contribution in [0.1, 0.15) is 16.7 Å². The van der Waals surface area contributed by atoms with E-state index in [0.29, 0.717) is 23.0 Å². The van der Waals surface area contributed by atoms with Crippen LogP contribution >= 0.6 is 0 Å². The van der Waals surface area contributed by atoms with Gasteiger partial charge in [-0.2, -0.15) is 4.98 Å². The Bertz CT molecular complexity index is 1230. The minimum absolute atomic E-state index is 0.136. The number of carbonyl (C=O) groups is 1. The molecule has 0 aliphatic carbocycles. The lowest BCUT2D eigenvalue weighted by molar-refractivity contribution is -0.118. The lowest BCUT2D eigenvalue weighted by Gasteiger charge is -2.12. The number of benzene rings is 3. The van der Waals surface area contributed by atoms with Gasteiger partial charge < -0.3 is 14.6 Å². The van der Waals surface area contributed by atoms with Crippen LogP contribution in [-0.2, 0) is 4.79 Å². The van der Waals surface area contributed by atoms with Crippen molar-refractivity contribution in [2.45, 2.75) is 20.8 Å². The van der Waals surface area contributed by atoms with E-state index < -0.39 is 0 Å². The predicted molar refractivity (Wildman–Crippen MR) is 120 cm³/mol. The lowest BCUT2D eigenvalue weighted by atomic mass is 10.1. The highest BCUT2D eigenvalue weighted by atomic mass is 16.5. The Labute approximate surface area is 180 Å². The van der Waals surface area contributed by atoms with Crippen molar-refractivity contribution in [1.82, 2.24) is 10.1 Å². The zero-order chi connectivity index (χ0) is 21.8. The van der Waals surface area contributed by atoms with Gasteiger partial charge >= 0.3 is 0 Å². The van der Waals surface area contributed by atoms with Crippen LogP contribution in [0.25, 0.3) is 22.8 Å². The second kappa shape index (κ2) is 8.83. The van der Waals surface area contributed by atoms with Crippen LogP contribution in [0.5, 0.6) is 5.75 Å². The Kier molecular flexibility index (Phi) is 5.80. The van der Waals surface area contributed by atoms with Gasteiger partial charge in [0, 0.05) is 11.3 Å². The van der Waals surface area contributed by atoms with Gasteiger partial charge in [0.25, 0.3) is 11.8 Å². The average Bonchev–Trinajstić information content (AvgIpc) is 3.26. The van der Waals surface area contributed by atoms with Gasteiger partial charge in [0.1, 0.15) is 5.75 Å². The fourth-order valence-corrected chi connectivity index (χ4v) is 3.25. The third kappa shape index (κ3) is 4.48. The van der Waals surface area contributed by atoms with Crippen molar-refractivity contribution in [3.8, 4) is 28.6 Å². The number of carbonyl (C=O) groups excluding carboxylic acids is 1. The van der Waals surface area contributed by atoms with Crippen LogP contribution in [0, 0.1) is 20.8 Å². The van der Waals surface area contributed by atoms with Crippen molar-refractivity contribution in [2.75, 3.05) is 11.9 Å². The van der Waals surface area contributed by atoms with Crippen LogP contribution in [0.3, 0.4) is 0 Å². The topological polar surface area (TPSA) is 77.2 Å². The number of rotatable bonds is 6. The molecule has 6 heteroatoms. The molecular formula is C25H23N3O3. The normalized spacial score (nSPS) is 10.7. The van der Waals surface area contributed by atoms with E-state index in [4.69, 9.17) is 9.26 Å². The average molecular weight is 413 g/mol. The predicted octanol–water partition coefficient (Wildman–Crippen LogP) is 5.35. The molecule has 4 aromatic rings. The maximum Gasteiger partial charge on any atom is 0.262 e. The van der Waals surface area contributed by atoms with E-state index in [2.05, 4.69) is 15.5 Å². The molecule has 156 valence electrons. The summed E-state index contributed by atoms with van der Waals surface area (Å²) in [7, 11) is 0. The summed E-state index contributed by atoms with van der Waals surface area (Å²) in [5.74, 6) is 1.10. The van der Waals surface area contributed by atoms with Crippen molar-refractivity contribution in [3.63, 3.8) is 0 Å². The molecule has 3 aromatic carbocycles. The molecule has 6 nitrogen and oxygen atoms in total. The molecule has 0 saturated carbocycles. The van der Waals surface area contributed by atoms with Gasteiger partial charge in [-0.3, -0.25) is 4.79 Å². The van der Waals surface area contributed by atoms with E-state index in [1.54, 1.807) is 6.07 Å². The van der Waals surface area contributed by atoms with Crippen LogP contribution in [0.2, 0.25) is 0 Å². The summed E-state index contributed by atoms with van der Waals surface area (Å²) >= 11 is 0. The summed E-state index contributed by atoms with van der Waals surface area (Å²) in [5, 5.41) is 7.01. The first kappa shape index (κ1) is 20.3. The minimum atomic E-state index is -0.241.